The van der Waals surface area contributed by atoms with Crippen molar-refractivity contribution in [3.05, 3.63) is 90.5 Å². The third-order valence-electron chi connectivity index (χ3n) is 9.31. The Kier molecular flexibility index (Phi) is 9.11. The van der Waals surface area contributed by atoms with Gasteiger partial charge in [0, 0.05) is 17.3 Å². The molecule has 8 nitrogen and oxygen atoms in total. The maximum Gasteiger partial charge on any atom is 0.312 e. The summed E-state index contributed by atoms with van der Waals surface area (Å²) in [6, 6.07) is 14.1. The Morgan fingerprint density at radius 1 is 1.16 bits per heavy atom. The molecule has 43 heavy (non-hydrogen) atoms. The van der Waals surface area contributed by atoms with E-state index >= 15 is 0 Å². The fourth-order valence-electron chi connectivity index (χ4n) is 7.37. The van der Waals surface area contributed by atoms with Gasteiger partial charge in [0.1, 0.15) is 17.6 Å². The van der Waals surface area contributed by atoms with Gasteiger partial charge in [-0.15, -0.1) is 13.2 Å². The zero-order valence-corrected chi connectivity index (χ0v) is 25.2. The topological polar surface area (TPSA) is 96.4 Å². The normalized spacial score (nSPS) is 27.9. The summed E-state index contributed by atoms with van der Waals surface area (Å²) in [6.45, 7) is 9.47. The van der Waals surface area contributed by atoms with Crippen LogP contribution in [0.3, 0.4) is 0 Å². The predicted molar refractivity (Wildman–Crippen MR) is 164 cm³/mol. The van der Waals surface area contributed by atoms with Crippen LogP contribution in [0.15, 0.2) is 79.9 Å². The van der Waals surface area contributed by atoms with Crippen molar-refractivity contribution in [3.63, 3.8) is 0 Å². The molecule has 0 aromatic heterocycles. The molecule has 1 N–H and O–H groups in total. The number of benzene rings is 2. The molecule has 3 heterocycles. The molecule has 0 aliphatic carbocycles. The van der Waals surface area contributed by atoms with Crippen molar-refractivity contribution < 1.29 is 29.0 Å². The van der Waals surface area contributed by atoms with Gasteiger partial charge in [0.2, 0.25) is 5.91 Å². The highest BCUT2D eigenvalue weighted by atomic mass is 35.5. The average molecular weight is 607 g/mol. The van der Waals surface area contributed by atoms with Gasteiger partial charge in [0.25, 0.3) is 5.91 Å². The molecule has 9 heteroatoms. The van der Waals surface area contributed by atoms with E-state index in [0.717, 1.165) is 0 Å². The first-order valence-corrected chi connectivity index (χ1v) is 15.3. The van der Waals surface area contributed by atoms with Gasteiger partial charge in [-0.25, -0.2) is 0 Å². The van der Waals surface area contributed by atoms with Crippen LogP contribution >= 0.6 is 11.6 Å². The number of hydrogen-bond donors (Lipinski definition) is 1. The fraction of sp³-hybridized carbons (Fsp3) is 0.441. The summed E-state index contributed by atoms with van der Waals surface area (Å²) in [4.78, 5) is 46.3. The highest BCUT2D eigenvalue weighted by Crippen LogP contribution is 2.65. The maximum atomic E-state index is 14.8. The number of rotatable bonds is 13. The summed E-state index contributed by atoms with van der Waals surface area (Å²) in [5.41, 5.74) is -0.940. The van der Waals surface area contributed by atoms with E-state index < -0.39 is 47.7 Å². The van der Waals surface area contributed by atoms with Crippen LogP contribution in [0.4, 0.5) is 5.69 Å². The second-order valence-electron chi connectivity index (χ2n) is 11.5. The predicted octanol–water partition coefficient (Wildman–Crippen LogP) is 5.26. The van der Waals surface area contributed by atoms with Crippen LogP contribution in [0.5, 0.6) is 0 Å². The number of amides is 2. The Bertz CT molecular complexity index is 1370. The molecule has 3 aliphatic rings. The number of allylic oxidation sites excluding steroid dienone is 1. The largest absolute Gasteiger partial charge is 0.465 e. The number of carbonyl (C=O) groups excluding carboxylic acids is 3. The zero-order chi connectivity index (χ0) is 30.8. The number of likely N-dealkylation sites (tertiary alicyclic amines) is 1. The minimum Gasteiger partial charge on any atom is -0.465 e. The van der Waals surface area contributed by atoms with E-state index in [-0.39, 0.29) is 25.0 Å². The molecule has 2 aromatic carbocycles. The molecule has 0 radical (unpaired) electrons. The molecule has 2 unspecified atom stereocenters. The minimum absolute atomic E-state index is 0.169. The number of carbonyl (C=O) groups is 3. The maximum absolute atomic E-state index is 14.8. The Morgan fingerprint density at radius 3 is 2.51 bits per heavy atom. The molecule has 6 atom stereocenters. The summed E-state index contributed by atoms with van der Waals surface area (Å²) in [6.07, 6.45) is 6.11. The SMILES string of the molecule is C=CCCCOC(=O)[C@H]1[C@H]2C(=O)N([C@H](CO)c3ccccc3)C(C(=O)N(CC=C)c3ccc(Cl)cc3)C23CC[C@]1(CC)O3. The number of fused-ring (bicyclic) bond motifs is 1. The first-order chi connectivity index (χ1) is 20.8. The lowest BCUT2D eigenvalue weighted by atomic mass is 9.65. The number of anilines is 1. The van der Waals surface area contributed by atoms with Crippen LogP contribution < -0.4 is 4.90 Å². The molecule has 5 rings (SSSR count). The van der Waals surface area contributed by atoms with Gasteiger partial charge in [-0.05, 0) is 61.9 Å². The number of nitrogens with zero attached hydrogens (tertiary/aromatic N) is 2. The number of esters is 1. The van der Waals surface area contributed by atoms with Crippen molar-refractivity contribution in [2.45, 2.75) is 62.3 Å². The quantitative estimate of drug-likeness (QED) is 0.190. The van der Waals surface area contributed by atoms with Crippen molar-refractivity contribution in [1.29, 1.82) is 0 Å². The molecule has 2 bridgehead atoms. The molecule has 1 spiro atoms. The average Bonchev–Trinajstić information content (AvgIpc) is 3.63. The highest BCUT2D eigenvalue weighted by Gasteiger charge is 2.79. The molecule has 3 aliphatic heterocycles. The van der Waals surface area contributed by atoms with Gasteiger partial charge < -0.3 is 24.4 Å². The van der Waals surface area contributed by atoms with Crippen molar-refractivity contribution >= 4 is 35.1 Å². The first-order valence-electron chi connectivity index (χ1n) is 14.9. The molecular weight excluding hydrogens is 568 g/mol. The van der Waals surface area contributed by atoms with Crippen LogP contribution in [0.2, 0.25) is 5.02 Å². The number of hydrogen-bond acceptors (Lipinski definition) is 6. The zero-order valence-electron chi connectivity index (χ0n) is 24.5. The number of aliphatic hydroxyl groups is 1. The Hall–Kier alpha value is -3.46. The lowest BCUT2D eigenvalue weighted by Crippen LogP contribution is -2.57. The molecule has 2 aromatic rings. The van der Waals surface area contributed by atoms with Gasteiger partial charge in [-0.1, -0.05) is 61.0 Å². The molecule has 228 valence electrons. The van der Waals surface area contributed by atoms with Gasteiger partial charge in [-0.3, -0.25) is 14.4 Å². The van der Waals surface area contributed by atoms with Gasteiger partial charge in [0.05, 0.1) is 30.8 Å². The summed E-state index contributed by atoms with van der Waals surface area (Å²) in [7, 11) is 0. The lowest BCUT2D eigenvalue weighted by molar-refractivity contribution is -0.162. The summed E-state index contributed by atoms with van der Waals surface area (Å²) in [5.74, 6) is -3.06. The highest BCUT2D eigenvalue weighted by molar-refractivity contribution is 6.30. The van der Waals surface area contributed by atoms with Crippen LogP contribution in [0.25, 0.3) is 0 Å². The van der Waals surface area contributed by atoms with Gasteiger partial charge >= 0.3 is 5.97 Å². The van der Waals surface area contributed by atoms with Crippen molar-refractivity contribution in [3.8, 4) is 0 Å². The smallest absolute Gasteiger partial charge is 0.312 e. The van der Waals surface area contributed by atoms with E-state index in [1.165, 1.54) is 4.90 Å². The lowest BCUT2D eigenvalue weighted by Gasteiger charge is -2.39. The molecule has 0 saturated carbocycles. The number of aliphatic hydroxyl groups excluding tert-OH is 1. The number of ether oxygens (including phenoxy) is 2. The third-order valence-corrected chi connectivity index (χ3v) is 9.56. The molecular formula is C34H39ClN2O6. The standard InChI is InChI=1S/C34H39ClN2O6/c1-4-7-11-21-42-32(41)28-27-30(39)37(26(22-38)23-12-9-8-10-13-23)29(34(27)19-18-33(28,6-3)43-34)31(40)36(20-5-2)25-16-14-24(35)15-17-25/h4-5,8-10,12-17,26-29,38H,1-2,6-7,11,18-22H2,3H3/t26-,27+,28-,29?,33+,34?/m1/s1. The second kappa shape index (κ2) is 12.6. The fourth-order valence-corrected chi connectivity index (χ4v) is 7.50. The molecule has 2 amide bonds. The Morgan fingerprint density at radius 2 is 1.88 bits per heavy atom. The minimum atomic E-state index is -1.27. The van der Waals surface area contributed by atoms with Crippen molar-refractivity contribution in [1.82, 2.24) is 4.90 Å². The van der Waals surface area contributed by atoms with Crippen LogP contribution in [0, 0.1) is 11.8 Å². The van der Waals surface area contributed by atoms with E-state index in [1.54, 1.807) is 41.3 Å². The third kappa shape index (κ3) is 5.19. The summed E-state index contributed by atoms with van der Waals surface area (Å²) < 4.78 is 12.6. The van der Waals surface area contributed by atoms with Crippen molar-refractivity contribution in [2.75, 3.05) is 24.7 Å². The van der Waals surface area contributed by atoms with E-state index in [4.69, 9.17) is 21.1 Å². The monoisotopic (exact) mass is 606 g/mol. The van der Waals surface area contributed by atoms with E-state index in [0.29, 0.717) is 48.4 Å². The van der Waals surface area contributed by atoms with E-state index in [9.17, 15) is 19.5 Å². The summed E-state index contributed by atoms with van der Waals surface area (Å²) in [5, 5.41) is 11.2. The van der Waals surface area contributed by atoms with E-state index in [1.807, 2.05) is 37.3 Å². The number of halogens is 1. The van der Waals surface area contributed by atoms with Crippen molar-refractivity contribution in [2.24, 2.45) is 11.8 Å². The molecule has 3 saturated heterocycles. The van der Waals surface area contributed by atoms with Gasteiger partial charge in [-0.2, -0.15) is 0 Å². The second-order valence-corrected chi connectivity index (χ2v) is 11.9. The Labute approximate surface area is 257 Å². The van der Waals surface area contributed by atoms with Gasteiger partial charge in [0.15, 0.2) is 0 Å². The van der Waals surface area contributed by atoms with Crippen LogP contribution in [-0.2, 0) is 23.9 Å². The molecule has 3 fully saturated rings. The number of unbranched alkanes of at least 4 members (excludes halogenated alkanes) is 1. The van der Waals surface area contributed by atoms with Crippen LogP contribution in [-0.4, -0.2) is 64.8 Å². The van der Waals surface area contributed by atoms with Crippen LogP contribution in [0.1, 0.15) is 50.6 Å². The van der Waals surface area contributed by atoms with E-state index in [2.05, 4.69) is 13.2 Å². The Balaban J connectivity index is 1.63. The summed E-state index contributed by atoms with van der Waals surface area (Å²) >= 11 is 6.15. The first kappa shape index (κ1) is 31.0.